The van der Waals surface area contributed by atoms with E-state index < -0.39 is 5.54 Å². The Labute approximate surface area is 188 Å². The maximum atomic E-state index is 13.9. The van der Waals surface area contributed by atoms with Crippen LogP contribution >= 0.6 is 0 Å². The number of amides is 2. The van der Waals surface area contributed by atoms with E-state index in [1.807, 2.05) is 47.9 Å². The van der Waals surface area contributed by atoms with E-state index in [1.165, 1.54) is 6.42 Å². The molecule has 5 rings (SSSR count). The molecule has 1 fully saturated rings. The van der Waals surface area contributed by atoms with Gasteiger partial charge < -0.3 is 19.2 Å². The summed E-state index contributed by atoms with van der Waals surface area (Å²) < 4.78 is 7.50. The SMILES string of the molecule is CC1CCCC(NC(=O)C2(C)Cn3c(cc4occc43)C(=O)N2Cc2ccccc2)C1C. The van der Waals surface area contributed by atoms with Crippen LogP contribution in [0.2, 0.25) is 0 Å². The molecule has 1 saturated carbocycles. The van der Waals surface area contributed by atoms with Crippen LogP contribution < -0.4 is 5.32 Å². The molecule has 4 unspecified atom stereocenters. The number of aromatic nitrogens is 1. The minimum absolute atomic E-state index is 0.0799. The van der Waals surface area contributed by atoms with Gasteiger partial charge in [-0.25, -0.2) is 0 Å². The second-order valence-corrected chi connectivity index (χ2v) is 9.78. The smallest absolute Gasteiger partial charge is 0.271 e. The van der Waals surface area contributed by atoms with Gasteiger partial charge in [-0.05, 0) is 30.7 Å². The normalized spacial score (nSPS) is 28.0. The van der Waals surface area contributed by atoms with Crippen LogP contribution in [0, 0.1) is 11.8 Å². The van der Waals surface area contributed by atoms with Crippen molar-refractivity contribution in [2.45, 2.75) is 64.7 Å². The Balaban J connectivity index is 1.52. The summed E-state index contributed by atoms with van der Waals surface area (Å²) in [5, 5.41) is 3.34. The molecule has 4 atom stereocenters. The largest absolute Gasteiger partial charge is 0.463 e. The zero-order valence-electron chi connectivity index (χ0n) is 19.0. The summed E-state index contributed by atoms with van der Waals surface area (Å²) in [6.07, 6.45) is 4.94. The fourth-order valence-corrected chi connectivity index (χ4v) is 5.40. The highest BCUT2D eigenvalue weighted by atomic mass is 16.3. The predicted octanol–water partition coefficient (Wildman–Crippen LogP) is 4.59. The monoisotopic (exact) mass is 433 g/mol. The van der Waals surface area contributed by atoms with E-state index in [9.17, 15) is 9.59 Å². The van der Waals surface area contributed by atoms with Gasteiger partial charge in [-0.1, -0.05) is 57.0 Å². The van der Waals surface area contributed by atoms with Crippen molar-refractivity contribution in [3.63, 3.8) is 0 Å². The van der Waals surface area contributed by atoms with Gasteiger partial charge in [0.1, 0.15) is 11.2 Å². The number of hydrogen-bond donors (Lipinski definition) is 1. The van der Waals surface area contributed by atoms with Crippen LogP contribution in [0.1, 0.15) is 56.1 Å². The lowest BCUT2D eigenvalue weighted by Crippen LogP contribution is -2.65. The third-order valence-electron chi connectivity index (χ3n) is 7.74. The van der Waals surface area contributed by atoms with Gasteiger partial charge >= 0.3 is 0 Å². The van der Waals surface area contributed by atoms with E-state index in [1.54, 1.807) is 17.2 Å². The fourth-order valence-electron chi connectivity index (χ4n) is 5.40. The first kappa shape index (κ1) is 20.9. The molecule has 2 amide bonds. The molecule has 6 nitrogen and oxygen atoms in total. The molecule has 0 radical (unpaired) electrons. The number of carbonyl (C=O) groups is 2. The van der Waals surface area contributed by atoms with Crippen molar-refractivity contribution in [2.75, 3.05) is 0 Å². The predicted molar refractivity (Wildman–Crippen MR) is 123 cm³/mol. The number of hydrogen-bond acceptors (Lipinski definition) is 3. The minimum Gasteiger partial charge on any atom is -0.463 e. The van der Waals surface area contributed by atoms with Gasteiger partial charge in [0.2, 0.25) is 5.91 Å². The van der Waals surface area contributed by atoms with E-state index in [0.29, 0.717) is 36.2 Å². The van der Waals surface area contributed by atoms with E-state index in [2.05, 4.69) is 19.2 Å². The quantitative estimate of drug-likeness (QED) is 0.654. The third-order valence-corrected chi connectivity index (χ3v) is 7.74. The third kappa shape index (κ3) is 3.33. The Bertz CT molecular complexity index is 1150. The molecule has 1 aliphatic carbocycles. The Morgan fingerprint density at radius 1 is 1.19 bits per heavy atom. The van der Waals surface area contributed by atoms with Gasteiger partial charge in [-0.3, -0.25) is 9.59 Å². The average Bonchev–Trinajstić information content (AvgIpc) is 3.37. The van der Waals surface area contributed by atoms with E-state index in [-0.39, 0.29) is 17.9 Å². The van der Waals surface area contributed by atoms with Crippen LogP contribution in [0.3, 0.4) is 0 Å². The summed E-state index contributed by atoms with van der Waals surface area (Å²) in [6.45, 7) is 7.16. The van der Waals surface area contributed by atoms with Crippen LogP contribution in [-0.4, -0.2) is 32.9 Å². The lowest BCUT2D eigenvalue weighted by molar-refractivity contribution is -0.134. The highest BCUT2D eigenvalue weighted by molar-refractivity contribution is 6.02. The van der Waals surface area contributed by atoms with Crippen molar-refractivity contribution in [1.82, 2.24) is 14.8 Å². The molecular weight excluding hydrogens is 402 g/mol. The number of rotatable bonds is 4. The first-order valence-electron chi connectivity index (χ1n) is 11.6. The first-order chi connectivity index (χ1) is 15.4. The van der Waals surface area contributed by atoms with Crippen LogP contribution in [0.15, 0.2) is 53.1 Å². The molecule has 1 aromatic carbocycles. The van der Waals surface area contributed by atoms with Gasteiger partial charge in [0.25, 0.3) is 5.91 Å². The number of benzene rings is 1. The van der Waals surface area contributed by atoms with Gasteiger partial charge in [0.05, 0.1) is 18.3 Å². The summed E-state index contributed by atoms with van der Waals surface area (Å²) in [6, 6.07) is 13.7. The molecule has 2 aromatic heterocycles. The van der Waals surface area contributed by atoms with Crippen LogP contribution in [-0.2, 0) is 17.9 Å². The summed E-state index contributed by atoms with van der Waals surface area (Å²) in [4.78, 5) is 29.3. The summed E-state index contributed by atoms with van der Waals surface area (Å²) in [7, 11) is 0. The van der Waals surface area contributed by atoms with E-state index in [4.69, 9.17) is 4.42 Å². The summed E-state index contributed by atoms with van der Waals surface area (Å²) in [5.41, 5.74) is 2.09. The standard InChI is InChI=1S/C26H31N3O3/c1-17-8-7-11-20(18(17)2)27-25(31)26(3)16-28-21-12-13-32-23(21)14-22(28)24(30)29(26)15-19-9-5-4-6-10-19/h4-6,9-10,12-14,17-18,20H,7-8,11,15-16H2,1-3H3,(H,27,31). The number of nitrogens with one attached hydrogen (secondary N) is 1. The summed E-state index contributed by atoms with van der Waals surface area (Å²) in [5.74, 6) is 0.774. The molecule has 168 valence electrons. The molecule has 32 heavy (non-hydrogen) atoms. The van der Waals surface area contributed by atoms with Gasteiger partial charge in [0.15, 0.2) is 5.58 Å². The highest BCUT2D eigenvalue weighted by Gasteiger charge is 2.48. The first-order valence-corrected chi connectivity index (χ1v) is 11.6. The Morgan fingerprint density at radius 2 is 1.97 bits per heavy atom. The fraction of sp³-hybridized carbons (Fsp3) is 0.462. The second kappa shape index (κ2) is 7.84. The van der Waals surface area contributed by atoms with Crippen LogP contribution in [0.25, 0.3) is 11.1 Å². The summed E-state index contributed by atoms with van der Waals surface area (Å²) >= 11 is 0. The van der Waals surface area contributed by atoms with E-state index >= 15 is 0 Å². The lowest BCUT2D eigenvalue weighted by Gasteiger charge is -2.45. The second-order valence-electron chi connectivity index (χ2n) is 9.78. The van der Waals surface area contributed by atoms with E-state index in [0.717, 1.165) is 23.9 Å². The molecule has 0 spiro atoms. The minimum atomic E-state index is -1.01. The molecule has 3 aromatic rings. The average molecular weight is 434 g/mol. The Morgan fingerprint density at radius 3 is 2.75 bits per heavy atom. The zero-order chi connectivity index (χ0) is 22.5. The van der Waals surface area contributed by atoms with Crippen molar-refractivity contribution in [2.24, 2.45) is 11.8 Å². The molecule has 1 aliphatic heterocycles. The Kier molecular flexibility index (Phi) is 5.11. The number of nitrogens with zero attached hydrogens (tertiary/aromatic N) is 2. The van der Waals surface area contributed by atoms with Crippen molar-refractivity contribution in [3.8, 4) is 0 Å². The van der Waals surface area contributed by atoms with Gasteiger partial charge in [0, 0.05) is 24.7 Å². The van der Waals surface area contributed by atoms with Crippen molar-refractivity contribution in [1.29, 1.82) is 0 Å². The molecule has 3 heterocycles. The van der Waals surface area contributed by atoms with Crippen molar-refractivity contribution in [3.05, 3.63) is 60.0 Å². The molecule has 0 bridgehead atoms. The van der Waals surface area contributed by atoms with Crippen molar-refractivity contribution < 1.29 is 14.0 Å². The maximum Gasteiger partial charge on any atom is 0.271 e. The number of fused-ring (bicyclic) bond motifs is 3. The molecular formula is C26H31N3O3. The van der Waals surface area contributed by atoms with Crippen LogP contribution in [0.5, 0.6) is 0 Å². The molecule has 1 N–H and O–H groups in total. The maximum absolute atomic E-state index is 13.9. The topological polar surface area (TPSA) is 67.5 Å². The van der Waals surface area contributed by atoms with Gasteiger partial charge in [-0.2, -0.15) is 0 Å². The number of furan rings is 1. The lowest BCUT2D eigenvalue weighted by atomic mass is 9.77. The highest BCUT2D eigenvalue weighted by Crippen LogP contribution is 2.35. The molecule has 2 aliphatic rings. The molecule has 6 heteroatoms. The Hall–Kier alpha value is -3.02. The van der Waals surface area contributed by atoms with Gasteiger partial charge in [-0.15, -0.1) is 0 Å². The zero-order valence-corrected chi connectivity index (χ0v) is 19.0. The number of carbonyl (C=O) groups excluding carboxylic acids is 2. The van der Waals surface area contributed by atoms with Crippen molar-refractivity contribution >= 4 is 22.9 Å². The van der Waals surface area contributed by atoms with Crippen LogP contribution in [0.4, 0.5) is 0 Å². The molecule has 0 saturated heterocycles.